The summed E-state index contributed by atoms with van der Waals surface area (Å²) in [5.41, 5.74) is 0.995. The van der Waals surface area contributed by atoms with E-state index in [2.05, 4.69) is 4.98 Å². The Hall–Kier alpha value is -0.800. The van der Waals surface area contributed by atoms with Gasteiger partial charge in [-0.1, -0.05) is 0 Å². The molecule has 1 aromatic heterocycles. The van der Waals surface area contributed by atoms with Gasteiger partial charge in [-0.3, -0.25) is 0 Å². The fraction of sp³-hybridized carbons (Fsp3) is 0.300. The summed E-state index contributed by atoms with van der Waals surface area (Å²) in [6, 6.07) is 5.93. The van der Waals surface area contributed by atoms with Gasteiger partial charge in [-0.2, -0.15) is 0 Å². The van der Waals surface area contributed by atoms with E-state index in [4.69, 9.17) is 16.3 Å². The van der Waals surface area contributed by atoms with Crippen LogP contribution in [0.1, 0.15) is 5.01 Å². The number of rotatable bonds is 3. The lowest BCUT2D eigenvalue weighted by Crippen LogP contribution is -1.83. The maximum Gasteiger partial charge on any atom is 0.121 e. The second kappa shape index (κ2) is 4.15. The summed E-state index contributed by atoms with van der Waals surface area (Å²) in [4.78, 5) is 4.47. The Kier molecular flexibility index (Phi) is 2.89. The van der Waals surface area contributed by atoms with Crippen LogP contribution in [0.3, 0.4) is 0 Å². The van der Waals surface area contributed by atoms with Crippen LogP contribution >= 0.6 is 22.9 Å². The summed E-state index contributed by atoms with van der Waals surface area (Å²) in [6.07, 6.45) is 0.837. The minimum Gasteiger partial charge on any atom is -0.497 e. The standard InChI is InChI=1S/C10H10ClNOS/c1-13-7-2-3-9-8(6-7)12-10(14-9)4-5-11/h2-3,6H,4-5H2,1H3. The SMILES string of the molecule is COc1ccc2sc(CCCl)nc2c1. The molecule has 0 fully saturated rings. The van der Waals surface area contributed by atoms with Gasteiger partial charge in [0.1, 0.15) is 5.75 Å². The average molecular weight is 228 g/mol. The van der Waals surface area contributed by atoms with Gasteiger partial charge < -0.3 is 4.74 Å². The lowest BCUT2D eigenvalue weighted by molar-refractivity contribution is 0.415. The van der Waals surface area contributed by atoms with Crippen LogP contribution < -0.4 is 4.74 Å². The minimum absolute atomic E-state index is 0.622. The number of nitrogens with zero attached hydrogens (tertiary/aromatic N) is 1. The molecule has 0 unspecified atom stereocenters. The monoisotopic (exact) mass is 227 g/mol. The molecular formula is C10H10ClNOS. The highest BCUT2D eigenvalue weighted by molar-refractivity contribution is 7.18. The van der Waals surface area contributed by atoms with Crippen molar-refractivity contribution in [2.24, 2.45) is 0 Å². The van der Waals surface area contributed by atoms with Crippen molar-refractivity contribution in [3.05, 3.63) is 23.2 Å². The second-order valence-corrected chi connectivity index (χ2v) is 4.37. The van der Waals surface area contributed by atoms with E-state index in [1.54, 1.807) is 18.4 Å². The Morgan fingerprint density at radius 1 is 1.50 bits per heavy atom. The topological polar surface area (TPSA) is 22.1 Å². The summed E-state index contributed by atoms with van der Waals surface area (Å²) >= 11 is 7.35. The Morgan fingerprint density at radius 2 is 2.36 bits per heavy atom. The van der Waals surface area contributed by atoms with Crippen molar-refractivity contribution >= 4 is 33.2 Å². The first kappa shape index (κ1) is 9.74. The first-order valence-electron chi connectivity index (χ1n) is 4.33. The van der Waals surface area contributed by atoms with Gasteiger partial charge in [0.05, 0.1) is 22.3 Å². The van der Waals surface area contributed by atoms with Crippen molar-refractivity contribution in [2.75, 3.05) is 13.0 Å². The molecule has 1 aromatic carbocycles. The Labute approximate surface area is 91.5 Å². The third-order valence-corrected chi connectivity index (χ3v) is 3.23. The van der Waals surface area contributed by atoms with Crippen LogP contribution in [0.4, 0.5) is 0 Å². The van der Waals surface area contributed by atoms with Gasteiger partial charge in [-0.15, -0.1) is 22.9 Å². The van der Waals surface area contributed by atoms with Crippen LogP contribution in [0.25, 0.3) is 10.2 Å². The van der Waals surface area contributed by atoms with Crippen LogP contribution in [0, 0.1) is 0 Å². The van der Waals surface area contributed by atoms with Gasteiger partial charge in [0, 0.05) is 18.4 Å². The molecule has 0 radical (unpaired) electrons. The number of ether oxygens (including phenoxy) is 1. The summed E-state index contributed by atoms with van der Waals surface area (Å²) in [6.45, 7) is 0. The van der Waals surface area contributed by atoms with E-state index in [0.717, 1.165) is 22.7 Å². The highest BCUT2D eigenvalue weighted by Gasteiger charge is 2.03. The quantitative estimate of drug-likeness (QED) is 0.752. The Morgan fingerprint density at radius 3 is 3.07 bits per heavy atom. The predicted molar refractivity (Wildman–Crippen MR) is 60.6 cm³/mol. The molecule has 0 saturated carbocycles. The number of benzene rings is 1. The zero-order valence-corrected chi connectivity index (χ0v) is 9.36. The summed E-state index contributed by atoms with van der Waals surface area (Å²) in [5, 5.41) is 1.09. The summed E-state index contributed by atoms with van der Waals surface area (Å²) in [5.74, 6) is 1.47. The zero-order valence-electron chi connectivity index (χ0n) is 7.79. The van der Waals surface area contributed by atoms with Crippen molar-refractivity contribution in [3.63, 3.8) is 0 Å². The highest BCUT2D eigenvalue weighted by Crippen LogP contribution is 2.26. The largest absolute Gasteiger partial charge is 0.497 e. The maximum atomic E-state index is 5.66. The van der Waals surface area contributed by atoms with Gasteiger partial charge in [0.25, 0.3) is 0 Å². The van der Waals surface area contributed by atoms with Gasteiger partial charge in [0.15, 0.2) is 0 Å². The molecule has 2 aromatic rings. The average Bonchev–Trinajstić information content (AvgIpc) is 2.59. The van der Waals surface area contributed by atoms with E-state index in [-0.39, 0.29) is 0 Å². The summed E-state index contributed by atoms with van der Waals surface area (Å²) in [7, 11) is 1.66. The molecule has 0 N–H and O–H groups in total. The molecule has 74 valence electrons. The number of aryl methyl sites for hydroxylation is 1. The van der Waals surface area contributed by atoms with Crippen molar-refractivity contribution in [1.29, 1.82) is 0 Å². The lowest BCUT2D eigenvalue weighted by atomic mass is 10.3. The molecule has 0 aliphatic rings. The normalized spacial score (nSPS) is 10.7. The molecule has 0 saturated heterocycles. The first-order chi connectivity index (χ1) is 6.83. The molecule has 1 heterocycles. The van der Waals surface area contributed by atoms with Gasteiger partial charge in [-0.25, -0.2) is 4.98 Å². The van der Waals surface area contributed by atoms with Gasteiger partial charge in [-0.05, 0) is 12.1 Å². The Balaban J connectivity index is 2.43. The van der Waals surface area contributed by atoms with E-state index in [0.29, 0.717) is 5.88 Å². The number of halogens is 1. The second-order valence-electron chi connectivity index (χ2n) is 2.88. The minimum atomic E-state index is 0.622. The fourth-order valence-electron chi connectivity index (χ4n) is 1.27. The van der Waals surface area contributed by atoms with Crippen molar-refractivity contribution in [1.82, 2.24) is 4.98 Å². The van der Waals surface area contributed by atoms with Crippen LogP contribution in [-0.2, 0) is 6.42 Å². The molecule has 0 aliphatic heterocycles. The predicted octanol–water partition coefficient (Wildman–Crippen LogP) is 3.09. The van der Waals surface area contributed by atoms with Crippen molar-refractivity contribution in [3.8, 4) is 5.75 Å². The smallest absolute Gasteiger partial charge is 0.121 e. The molecule has 2 nitrogen and oxygen atoms in total. The van der Waals surface area contributed by atoms with Crippen LogP contribution in [0.2, 0.25) is 0 Å². The van der Waals surface area contributed by atoms with Crippen LogP contribution in [-0.4, -0.2) is 18.0 Å². The van der Waals surface area contributed by atoms with E-state index < -0.39 is 0 Å². The number of alkyl halides is 1. The molecule has 2 rings (SSSR count). The van der Waals surface area contributed by atoms with Crippen LogP contribution in [0.15, 0.2) is 18.2 Å². The van der Waals surface area contributed by atoms with Crippen LogP contribution in [0.5, 0.6) is 5.75 Å². The van der Waals surface area contributed by atoms with E-state index in [9.17, 15) is 0 Å². The maximum absolute atomic E-state index is 5.66. The van der Waals surface area contributed by atoms with Gasteiger partial charge >= 0.3 is 0 Å². The third kappa shape index (κ3) is 1.83. The number of methoxy groups -OCH3 is 1. The molecule has 0 atom stereocenters. The third-order valence-electron chi connectivity index (χ3n) is 1.95. The lowest BCUT2D eigenvalue weighted by Gasteiger charge is -1.96. The number of hydrogen-bond acceptors (Lipinski definition) is 3. The summed E-state index contributed by atoms with van der Waals surface area (Å²) < 4.78 is 6.32. The van der Waals surface area contributed by atoms with E-state index >= 15 is 0 Å². The fourth-order valence-corrected chi connectivity index (χ4v) is 2.51. The van der Waals surface area contributed by atoms with E-state index in [1.165, 1.54) is 4.70 Å². The van der Waals surface area contributed by atoms with Crippen molar-refractivity contribution in [2.45, 2.75) is 6.42 Å². The molecule has 0 aliphatic carbocycles. The highest BCUT2D eigenvalue weighted by atomic mass is 35.5. The first-order valence-corrected chi connectivity index (χ1v) is 5.68. The van der Waals surface area contributed by atoms with Crippen molar-refractivity contribution < 1.29 is 4.74 Å². The Bertz CT molecular complexity index is 441. The number of fused-ring (bicyclic) bond motifs is 1. The number of thiazole rings is 1. The molecular weight excluding hydrogens is 218 g/mol. The molecule has 0 bridgehead atoms. The zero-order chi connectivity index (χ0) is 9.97. The van der Waals surface area contributed by atoms with E-state index in [1.807, 2.05) is 18.2 Å². The number of hydrogen-bond donors (Lipinski definition) is 0. The molecule has 14 heavy (non-hydrogen) atoms. The number of aromatic nitrogens is 1. The molecule has 0 spiro atoms. The molecule has 4 heteroatoms. The molecule has 0 amide bonds. The van der Waals surface area contributed by atoms with Gasteiger partial charge in [0.2, 0.25) is 0 Å².